The molecule has 6 heteroatoms. The van der Waals surface area contributed by atoms with Crippen molar-refractivity contribution < 1.29 is 19.4 Å². The Labute approximate surface area is 113 Å². The first-order valence-corrected chi connectivity index (χ1v) is 6.82. The van der Waals surface area contributed by atoms with Crippen LogP contribution in [-0.2, 0) is 9.53 Å². The molecule has 1 heterocycles. The minimum absolute atomic E-state index is 0.0125. The van der Waals surface area contributed by atoms with Gasteiger partial charge in [-0.2, -0.15) is 0 Å². The molecule has 2 amide bonds. The molecule has 0 radical (unpaired) electrons. The van der Waals surface area contributed by atoms with Crippen molar-refractivity contribution in [3.63, 3.8) is 0 Å². The number of nitrogens with one attached hydrogen (secondary N) is 1. The molecule has 2 rings (SSSR count). The van der Waals surface area contributed by atoms with Crippen molar-refractivity contribution in [3.05, 3.63) is 0 Å². The van der Waals surface area contributed by atoms with Crippen LogP contribution in [0.4, 0.5) is 4.79 Å². The quantitative estimate of drug-likeness (QED) is 0.799. The lowest BCUT2D eigenvalue weighted by Crippen LogP contribution is -2.43. The number of carbonyl (C=O) groups is 2. The summed E-state index contributed by atoms with van der Waals surface area (Å²) >= 11 is 0. The summed E-state index contributed by atoms with van der Waals surface area (Å²) in [6.45, 7) is 2.70. The lowest BCUT2D eigenvalue weighted by molar-refractivity contribution is -0.142. The molecule has 108 valence electrons. The van der Waals surface area contributed by atoms with E-state index in [9.17, 15) is 9.59 Å². The van der Waals surface area contributed by atoms with Gasteiger partial charge in [-0.05, 0) is 25.2 Å². The van der Waals surface area contributed by atoms with Gasteiger partial charge in [0.25, 0.3) is 0 Å². The number of urea groups is 1. The number of aliphatic carboxylic acids is 1. The summed E-state index contributed by atoms with van der Waals surface area (Å²) < 4.78 is 5.27. The van der Waals surface area contributed by atoms with Crippen molar-refractivity contribution in [2.75, 3.05) is 20.2 Å². The summed E-state index contributed by atoms with van der Waals surface area (Å²) in [6.07, 6.45) is 2.97. The Morgan fingerprint density at radius 1 is 1.32 bits per heavy atom. The van der Waals surface area contributed by atoms with Gasteiger partial charge in [0.15, 0.2) is 0 Å². The normalized spacial score (nSPS) is 34.5. The number of hydrogen-bond acceptors (Lipinski definition) is 3. The number of carbonyl (C=O) groups excluding carboxylic acids is 1. The lowest BCUT2D eigenvalue weighted by Gasteiger charge is -2.20. The molecule has 2 unspecified atom stereocenters. The molecule has 0 aromatic heterocycles. The summed E-state index contributed by atoms with van der Waals surface area (Å²) in [5.74, 6) is -1.25. The summed E-state index contributed by atoms with van der Waals surface area (Å²) in [5.41, 5.74) is 0. The number of ether oxygens (including phenoxy) is 1. The predicted octanol–water partition coefficient (Wildman–Crippen LogP) is 0.916. The largest absolute Gasteiger partial charge is 0.481 e. The zero-order valence-electron chi connectivity index (χ0n) is 11.5. The average molecular weight is 270 g/mol. The third-order valence-corrected chi connectivity index (χ3v) is 4.26. The van der Waals surface area contributed by atoms with Gasteiger partial charge in [0.05, 0.1) is 12.0 Å². The van der Waals surface area contributed by atoms with Gasteiger partial charge in [-0.15, -0.1) is 0 Å². The van der Waals surface area contributed by atoms with E-state index in [1.807, 2.05) is 6.92 Å². The Hall–Kier alpha value is -1.30. The number of amides is 2. The zero-order chi connectivity index (χ0) is 14.0. The maximum absolute atomic E-state index is 12.1. The van der Waals surface area contributed by atoms with Gasteiger partial charge in [-0.3, -0.25) is 4.79 Å². The van der Waals surface area contributed by atoms with Crippen LogP contribution in [0.2, 0.25) is 0 Å². The molecule has 0 aromatic carbocycles. The van der Waals surface area contributed by atoms with Crippen molar-refractivity contribution in [3.8, 4) is 0 Å². The molecule has 1 saturated carbocycles. The van der Waals surface area contributed by atoms with Crippen LogP contribution in [0.3, 0.4) is 0 Å². The fourth-order valence-electron chi connectivity index (χ4n) is 3.01. The van der Waals surface area contributed by atoms with Crippen LogP contribution in [0.1, 0.15) is 26.2 Å². The van der Waals surface area contributed by atoms with Crippen LogP contribution < -0.4 is 5.32 Å². The Kier molecular flexibility index (Phi) is 4.29. The van der Waals surface area contributed by atoms with E-state index < -0.39 is 11.9 Å². The SMILES string of the molecule is COC1CCC(NC(=O)N2C[C@@H](C)[C@H](C(=O)O)C2)C1. The maximum atomic E-state index is 12.1. The second-order valence-electron chi connectivity index (χ2n) is 5.64. The number of nitrogens with zero attached hydrogens (tertiary/aromatic N) is 1. The van der Waals surface area contributed by atoms with E-state index >= 15 is 0 Å². The van der Waals surface area contributed by atoms with E-state index in [-0.39, 0.29) is 24.1 Å². The van der Waals surface area contributed by atoms with Gasteiger partial charge in [0.1, 0.15) is 0 Å². The highest BCUT2D eigenvalue weighted by molar-refractivity contribution is 5.77. The number of carboxylic acids is 1. The molecular weight excluding hydrogens is 248 g/mol. The van der Waals surface area contributed by atoms with E-state index in [2.05, 4.69) is 5.32 Å². The first kappa shape index (κ1) is 14.1. The molecule has 0 bridgehead atoms. The monoisotopic (exact) mass is 270 g/mol. The molecule has 4 atom stereocenters. The Morgan fingerprint density at radius 3 is 2.58 bits per heavy atom. The number of rotatable bonds is 3. The minimum Gasteiger partial charge on any atom is -0.481 e. The summed E-state index contributed by atoms with van der Waals surface area (Å²) in [5, 5.41) is 12.0. The van der Waals surface area contributed by atoms with Crippen molar-refractivity contribution >= 4 is 12.0 Å². The van der Waals surface area contributed by atoms with E-state index in [1.54, 1.807) is 12.0 Å². The third-order valence-electron chi connectivity index (χ3n) is 4.26. The second kappa shape index (κ2) is 5.77. The molecule has 1 saturated heterocycles. The average Bonchev–Trinajstić information content (AvgIpc) is 2.95. The molecule has 2 fully saturated rings. The zero-order valence-corrected chi connectivity index (χ0v) is 11.5. The van der Waals surface area contributed by atoms with Gasteiger partial charge in [0, 0.05) is 26.2 Å². The summed E-state index contributed by atoms with van der Waals surface area (Å²) in [7, 11) is 1.69. The third kappa shape index (κ3) is 3.18. The topological polar surface area (TPSA) is 78.9 Å². The summed E-state index contributed by atoms with van der Waals surface area (Å²) in [6, 6.07) is 0.00832. The van der Waals surface area contributed by atoms with E-state index in [4.69, 9.17) is 9.84 Å². The van der Waals surface area contributed by atoms with Crippen molar-refractivity contribution in [2.45, 2.75) is 38.3 Å². The van der Waals surface area contributed by atoms with Gasteiger partial charge in [-0.1, -0.05) is 6.92 Å². The van der Waals surface area contributed by atoms with Crippen LogP contribution in [0, 0.1) is 11.8 Å². The molecule has 6 nitrogen and oxygen atoms in total. The van der Waals surface area contributed by atoms with E-state index in [0.29, 0.717) is 13.1 Å². The van der Waals surface area contributed by atoms with Crippen LogP contribution in [0.15, 0.2) is 0 Å². The van der Waals surface area contributed by atoms with Gasteiger partial charge >= 0.3 is 12.0 Å². The minimum atomic E-state index is -0.817. The van der Waals surface area contributed by atoms with Crippen LogP contribution in [0.25, 0.3) is 0 Å². The fraction of sp³-hybridized carbons (Fsp3) is 0.846. The molecule has 1 aliphatic heterocycles. The predicted molar refractivity (Wildman–Crippen MR) is 68.8 cm³/mol. The van der Waals surface area contributed by atoms with Gasteiger partial charge in [-0.25, -0.2) is 4.79 Å². The molecule has 19 heavy (non-hydrogen) atoms. The second-order valence-corrected chi connectivity index (χ2v) is 5.64. The van der Waals surface area contributed by atoms with Gasteiger partial charge < -0.3 is 20.1 Å². The number of carboxylic acid groups (broad SMARTS) is 1. The van der Waals surface area contributed by atoms with Crippen molar-refractivity contribution in [1.82, 2.24) is 10.2 Å². The first-order chi connectivity index (χ1) is 9.01. The van der Waals surface area contributed by atoms with E-state index in [1.165, 1.54) is 0 Å². The molecule has 2 aliphatic rings. The summed E-state index contributed by atoms with van der Waals surface area (Å²) in [4.78, 5) is 24.7. The first-order valence-electron chi connectivity index (χ1n) is 6.82. The van der Waals surface area contributed by atoms with Gasteiger partial charge in [0.2, 0.25) is 0 Å². The Bertz CT molecular complexity index is 361. The van der Waals surface area contributed by atoms with Crippen LogP contribution in [0.5, 0.6) is 0 Å². The van der Waals surface area contributed by atoms with Crippen molar-refractivity contribution in [1.29, 1.82) is 0 Å². The number of likely N-dealkylation sites (tertiary alicyclic amines) is 1. The number of methoxy groups -OCH3 is 1. The van der Waals surface area contributed by atoms with Crippen molar-refractivity contribution in [2.24, 2.45) is 11.8 Å². The molecule has 2 N–H and O–H groups in total. The number of hydrogen-bond donors (Lipinski definition) is 2. The van der Waals surface area contributed by atoms with E-state index in [0.717, 1.165) is 19.3 Å². The fourth-order valence-corrected chi connectivity index (χ4v) is 3.01. The van der Waals surface area contributed by atoms with Crippen LogP contribution in [-0.4, -0.2) is 54.4 Å². The smallest absolute Gasteiger partial charge is 0.317 e. The maximum Gasteiger partial charge on any atom is 0.317 e. The Balaban J connectivity index is 1.83. The lowest BCUT2D eigenvalue weighted by atomic mass is 9.99. The standard InChI is InChI=1S/C13H22N2O4/c1-8-6-15(7-11(8)12(16)17)13(18)14-9-3-4-10(5-9)19-2/h8-11H,3-7H2,1-2H3,(H,14,18)(H,16,17)/t8-,9?,10?,11-/m1/s1. The highest BCUT2D eigenvalue weighted by Crippen LogP contribution is 2.25. The molecule has 0 spiro atoms. The molecular formula is C13H22N2O4. The Morgan fingerprint density at radius 2 is 2.05 bits per heavy atom. The van der Waals surface area contributed by atoms with Crippen LogP contribution >= 0.6 is 0 Å². The highest BCUT2D eigenvalue weighted by Gasteiger charge is 2.37. The molecule has 0 aromatic rings. The molecule has 1 aliphatic carbocycles. The highest BCUT2D eigenvalue weighted by atomic mass is 16.5.